The lowest BCUT2D eigenvalue weighted by Crippen LogP contribution is -2.15. The Hall–Kier alpha value is -1.30. The molecule has 0 saturated heterocycles. The Morgan fingerprint density at radius 2 is 1.80 bits per heavy atom. The van der Waals surface area contributed by atoms with Gasteiger partial charge in [0.15, 0.2) is 0 Å². The maximum atomic E-state index is 2.31. The maximum absolute atomic E-state index is 2.31. The van der Waals surface area contributed by atoms with Crippen LogP contribution in [0.4, 0.5) is 0 Å². The molecule has 0 unspecified atom stereocenters. The van der Waals surface area contributed by atoms with E-state index in [2.05, 4.69) is 64.1 Å². The van der Waals surface area contributed by atoms with Gasteiger partial charge >= 0.3 is 0 Å². The number of hydrogen-bond donors (Lipinski definition) is 0. The van der Waals surface area contributed by atoms with Crippen molar-refractivity contribution in [2.24, 2.45) is 0 Å². The minimum atomic E-state index is 0.135. The molecular formula is C15H18. The molecule has 1 aliphatic carbocycles. The van der Waals surface area contributed by atoms with Crippen molar-refractivity contribution in [3.63, 3.8) is 0 Å². The van der Waals surface area contributed by atoms with Gasteiger partial charge in [0, 0.05) is 5.41 Å². The summed E-state index contributed by atoms with van der Waals surface area (Å²) in [6.45, 7) is 8.88. The fraction of sp³-hybridized carbons (Fsp3) is 0.333. The molecule has 78 valence electrons. The third-order valence-corrected chi connectivity index (χ3v) is 3.15. The Morgan fingerprint density at radius 1 is 1.07 bits per heavy atom. The van der Waals surface area contributed by atoms with Gasteiger partial charge in [-0.25, -0.2) is 0 Å². The van der Waals surface area contributed by atoms with Crippen molar-refractivity contribution >= 4 is 5.57 Å². The molecule has 2 rings (SSSR count). The van der Waals surface area contributed by atoms with Gasteiger partial charge in [-0.15, -0.1) is 0 Å². The highest BCUT2D eigenvalue weighted by Gasteiger charge is 2.22. The van der Waals surface area contributed by atoms with Gasteiger partial charge in [0.1, 0.15) is 0 Å². The molecule has 0 spiro atoms. The molecule has 0 bridgehead atoms. The number of rotatable bonds is 0. The van der Waals surface area contributed by atoms with Crippen LogP contribution in [0.15, 0.2) is 36.4 Å². The molecule has 1 aromatic rings. The minimum absolute atomic E-state index is 0.135. The lowest BCUT2D eigenvalue weighted by molar-refractivity contribution is 0.668. The van der Waals surface area contributed by atoms with Gasteiger partial charge in [-0.3, -0.25) is 0 Å². The topological polar surface area (TPSA) is 0 Å². The van der Waals surface area contributed by atoms with Gasteiger partial charge in [-0.2, -0.15) is 0 Å². The highest BCUT2D eigenvalue weighted by molar-refractivity contribution is 5.71. The van der Waals surface area contributed by atoms with Gasteiger partial charge in [-0.05, 0) is 30.5 Å². The van der Waals surface area contributed by atoms with E-state index in [1.807, 2.05) is 0 Å². The molecule has 1 aliphatic rings. The van der Waals surface area contributed by atoms with E-state index in [9.17, 15) is 0 Å². The van der Waals surface area contributed by atoms with Gasteiger partial charge in [0.2, 0.25) is 0 Å². The Balaban J connectivity index is 2.72. The Morgan fingerprint density at radius 3 is 2.53 bits per heavy atom. The zero-order chi connectivity index (χ0) is 11.1. The summed E-state index contributed by atoms with van der Waals surface area (Å²) in [7, 11) is 0. The van der Waals surface area contributed by atoms with E-state index in [4.69, 9.17) is 0 Å². The van der Waals surface area contributed by atoms with E-state index in [-0.39, 0.29) is 5.41 Å². The van der Waals surface area contributed by atoms with Crippen LogP contribution in [0.5, 0.6) is 0 Å². The summed E-state index contributed by atoms with van der Waals surface area (Å²) in [6, 6.07) is 6.74. The Bertz CT molecular complexity index is 445. The van der Waals surface area contributed by atoms with Crippen LogP contribution < -0.4 is 0 Å². The first kappa shape index (κ1) is 10.2. The first-order chi connectivity index (χ1) is 7.00. The average molecular weight is 198 g/mol. The molecule has 0 radical (unpaired) electrons. The molecule has 0 atom stereocenters. The zero-order valence-electron chi connectivity index (χ0n) is 9.96. The van der Waals surface area contributed by atoms with Crippen LogP contribution in [0.3, 0.4) is 0 Å². The van der Waals surface area contributed by atoms with Crippen molar-refractivity contribution in [2.75, 3.05) is 0 Å². The minimum Gasteiger partial charge on any atom is -0.0745 e. The van der Waals surface area contributed by atoms with E-state index in [1.54, 1.807) is 0 Å². The quantitative estimate of drug-likeness (QED) is 0.584. The van der Waals surface area contributed by atoms with E-state index in [0.29, 0.717) is 0 Å². The molecule has 0 N–H and O–H groups in total. The van der Waals surface area contributed by atoms with E-state index < -0.39 is 0 Å². The van der Waals surface area contributed by atoms with Crippen LogP contribution in [-0.2, 0) is 5.41 Å². The molecule has 0 heterocycles. The average Bonchev–Trinajstić information content (AvgIpc) is 2.26. The van der Waals surface area contributed by atoms with Crippen molar-refractivity contribution in [1.29, 1.82) is 0 Å². The summed E-state index contributed by atoms with van der Waals surface area (Å²) in [6.07, 6.45) is 6.65. The number of fused-ring (bicyclic) bond motifs is 1. The Labute approximate surface area is 92.3 Å². The van der Waals surface area contributed by atoms with E-state index >= 15 is 0 Å². The molecular weight excluding hydrogens is 180 g/mol. The van der Waals surface area contributed by atoms with Crippen LogP contribution in [-0.4, -0.2) is 0 Å². The molecule has 0 aliphatic heterocycles. The van der Waals surface area contributed by atoms with Gasteiger partial charge in [-0.1, -0.05) is 55.8 Å². The number of allylic oxidation sites excluding steroid dienone is 4. The van der Waals surface area contributed by atoms with Crippen LogP contribution in [0, 0.1) is 6.92 Å². The third-order valence-electron chi connectivity index (χ3n) is 3.15. The fourth-order valence-corrected chi connectivity index (χ4v) is 2.15. The van der Waals surface area contributed by atoms with Crippen molar-refractivity contribution < 1.29 is 0 Å². The van der Waals surface area contributed by atoms with E-state index in [1.165, 1.54) is 22.3 Å². The summed E-state index contributed by atoms with van der Waals surface area (Å²) in [5, 5.41) is 0. The summed E-state index contributed by atoms with van der Waals surface area (Å²) in [5.74, 6) is 0. The van der Waals surface area contributed by atoms with Crippen LogP contribution in [0.1, 0.15) is 37.5 Å². The molecule has 0 heteroatoms. The monoisotopic (exact) mass is 198 g/mol. The molecule has 1 aromatic carbocycles. The Kier molecular flexibility index (Phi) is 2.30. The molecule has 15 heavy (non-hydrogen) atoms. The van der Waals surface area contributed by atoms with E-state index in [0.717, 1.165) is 0 Å². The number of aryl methyl sites for hydroxylation is 1. The first-order valence-corrected chi connectivity index (χ1v) is 5.48. The lowest BCUT2D eigenvalue weighted by Gasteiger charge is -2.23. The zero-order valence-corrected chi connectivity index (χ0v) is 9.96. The summed E-state index contributed by atoms with van der Waals surface area (Å²) < 4.78 is 0. The van der Waals surface area contributed by atoms with Crippen molar-refractivity contribution in [3.05, 3.63) is 53.1 Å². The smallest absolute Gasteiger partial charge is 0.00845 e. The molecule has 0 nitrogen and oxygen atoms in total. The van der Waals surface area contributed by atoms with Gasteiger partial charge in [0.05, 0.1) is 0 Å². The van der Waals surface area contributed by atoms with Crippen molar-refractivity contribution in [1.82, 2.24) is 0 Å². The van der Waals surface area contributed by atoms with Crippen molar-refractivity contribution in [3.8, 4) is 0 Å². The standard InChI is InChI=1S/C15H18/c1-11-7-8-13-12(2)6-5-9-15(3,4)14(13)10-11/h5-10H,1-4H3. The summed E-state index contributed by atoms with van der Waals surface area (Å²) in [5.41, 5.74) is 5.65. The second kappa shape index (κ2) is 3.37. The highest BCUT2D eigenvalue weighted by atomic mass is 14.3. The second-order valence-electron chi connectivity index (χ2n) is 4.98. The normalized spacial score (nSPS) is 18.0. The van der Waals surface area contributed by atoms with Gasteiger partial charge < -0.3 is 0 Å². The van der Waals surface area contributed by atoms with Crippen LogP contribution >= 0.6 is 0 Å². The molecule has 0 saturated carbocycles. The third kappa shape index (κ3) is 1.77. The summed E-state index contributed by atoms with van der Waals surface area (Å²) >= 11 is 0. The molecule has 0 fully saturated rings. The number of hydrogen-bond acceptors (Lipinski definition) is 0. The van der Waals surface area contributed by atoms with Gasteiger partial charge in [0.25, 0.3) is 0 Å². The van der Waals surface area contributed by atoms with Crippen LogP contribution in [0.2, 0.25) is 0 Å². The fourth-order valence-electron chi connectivity index (χ4n) is 2.15. The van der Waals surface area contributed by atoms with Crippen molar-refractivity contribution in [2.45, 2.75) is 33.1 Å². The SMILES string of the molecule is CC1=CC=CC(C)(C)c2cc(C)ccc21. The maximum Gasteiger partial charge on any atom is 0.00845 e. The summed E-state index contributed by atoms with van der Waals surface area (Å²) in [4.78, 5) is 0. The largest absolute Gasteiger partial charge is 0.0745 e. The van der Waals surface area contributed by atoms with Crippen LogP contribution in [0.25, 0.3) is 5.57 Å². The molecule has 0 amide bonds. The highest BCUT2D eigenvalue weighted by Crippen LogP contribution is 2.34. The first-order valence-electron chi connectivity index (χ1n) is 5.48. The number of benzene rings is 1. The lowest BCUT2D eigenvalue weighted by atomic mass is 9.80. The predicted octanol–water partition coefficient (Wildman–Crippen LogP) is 4.25. The predicted molar refractivity (Wildman–Crippen MR) is 67.0 cm³/mol. The molecule has 0 aromatic heterocycles. The second-order valence-corrected chi connectivity index (χ2v) is 4.98.